The molecule has 0 aliphatic heterocycles. The third-order valence-electron chi connectivity index (χ3n) is 3.07. The van der Waals surface area contributed by atoms with Gasteiger partial charge in [-0.3, -0.25) is 0 Å². The van der Waals surface area contributed by atoms with Crippen LogP contribution in [0.5, 0.6) is 5.75 Å². The van der Waals surface area contributed by atoms with Gasteiger partial charge in [0, 0.05) is 34.8 Å². The average Bonchev–Trinajstić information content (AvgIpc) is 2.56. The second kappa shape index (κ2) is 9.33. The number of methoxy groups -OCH3 is 1. The van der Waals surface area contributed by atoms with Gasteiger partial charge in [-0.2, -0.15) is 11.8 Å². The summed E-state index contributed by atoms with van der Waals surface area (Å²) in [5, 5.41) is 6.38. The van der Waals surface area contributed by atoms with E-state index in [4.69, 9.17) is 16.3 Å². The van der Waals surface area contributed by atoms with E-state index in [1.54, 1.807) is 24.9 Å². The van der Waals surface area contributed by atoms with E-state index in [0.29, 0.717) is 18.0 Å². The number of carbonyl (C=O) groups is 1. The molecule has 23 heavy (non-hydrogen) atoms. The van der Waals surface area contributed by atoms with Crippen LogP contribution in [0, 0.1) is 0 Å². The number of benzene rings is 2. The molecule has 2 rings (SSSR count). The molecule has 0 bridgehead atoms. The Morgan fingerprint density at radius 3 is 2.83 bits per heavy atom. The van der Waals surface area contributed by atoms with Gasteiger partial charge >= 0.3 is 6.03 Å². The number of anilines is 1. The number of hydrogen-bond donors (Lipinski definition) is 2. The van der Waals surface area contributed by atoms with Crippen LogP contribution in [0.1, 0.15) is 5.56 Å². The highest BCUT2D eigenvalue weighted by Crippen LogP contribution is 2.20. The molecule has 0 unspecified atom stereocenters. The molecule has 0 aliphatic rings. The fourth-order valence-corrected chi connectivity index (χ4v) is 3.05. The van der Waals surface area contributed by atoms with Crippen molar-refractivity contribution in [1.82, 2.24) is 5.32 Å². The Kier molecular flexibility index (Phi) is 7.10. The van der Waals surface area contributed by atoms with Crippen molar-refractivity contribution in [2.24, 2.45) is 0 Å². The maximum Gasteiger partial charge on any atom is 0.319 e. The molecule has 0 aromatic heterocycles. The molecule has 0 atom stereocenters. The van der Waals surface area contributed by atoms with E-state index in [2.05, 4.69) is 10.6 Å². The molecule has 0 aliphatic carbocycles. The van der Waals surface area contributed by atoms with E-state index in [-0.39, 0.29) is 6.03 Å². The molecule has 0 spiro atoms. The third-order valence-corrected chi connectivity index (χ3v) is 4.45. The van der Waals surface area contributed by atoms with Crippen molar-refractivity contribution in [2.75, 3.05) is 24.7 Å². The Labute approximate surface area is 145 Å². The third kappa shape index (κ3) is 6.04. The Morgan fingerprint density at radius 1 is 1.22 bits per heavy atom. The molecule has 0 heterocycles. The predicted molar refractivity (Wildman–Crippen MR) is 97.6 cm³/mol. The maximum absolute atomic E-state index is 11.8. The molecule has 4 nitrogen and oxygen atoms in total. The fourth-order valence-electron chi connectivity index (χ4n) is 1.91. The lowest BCUT2D eigenvalue weighted by atomic mass is 10.2. The van der Waals surface area contributed by atoms with Crippen LogP contribution in [0.4, 0.5) is 10.5 Å². The van der Waals surface area contributed by atoms with Gasteiger partial charge in [-0.05, 0) is 23.8 Å². The lowest BCUT2D eigenvalue weighted by Gasteiger charge is -2.09. The summed E-state index contributed by atoms with van der Waals surface area (Å²) in [5.74, 6) is 2.35. The first kappa shape index (κ1) is 17.5. The molecule has 122 valence electrons. The predicted octanol–water partition coefficient (Wildman–Crippen LogP) is 4.40. The van der Waals surface area contributed by atoms with Crippen LogP contribution >= 0.6 is 23.4 Å². The molecule has 2 aromatic carbocycles. The van der Waals surface area contributed by atoms with E-state index in [1.807, 2.05) is 42.5 Å². The maximum atomic E-state index is 11.8. The van der Waals surface area contributed by atoms with Crippen molar-refractivity contribution >= 4 is 35.1 Å². The first-order valence-electron chi connectivity index (χ1n) is 7.19. The Hall–Kier alpha value is -1.85. The van der Waals surface area contributed by atoms with Crippen LogP contribution in [0.3, 0.4) is 0 Å². The monoisotopic (exact) mass is 350 g/mol. The molecule has 2 aromatic rings. The van der Waals surface area contributed by atoms with Gasteiger partial charge in [0.25, 0.3) is 0 Å². The van der Waals surface area contributed by atoms with Gasteiger partial charge in [0.05, 0.1) is 7.11 Å². The van der Waals surface area contributed by atoms with Crippen molar-refractivity contribution < 1.29 is 9.53 Å². The average molecular weight is 351 g/mol. The quantitative estimate of drug-likeness (QED) is 0.727. The van der Waals surface area contributed by atoms with Gasteiger partial charge in [-0.1, -0.05) is 35.9 Å². The standard InChI is InChI=1S/C17H19ClN2O2S/c1-22-15-7-4-6-14(11-15)20-17(21)19-9-10-23-12-13-5-2-3-8-16(13)18/h2-8,11H,9-10,12H2,1H3,(H2,19,20,21). The van der Waals surface area contributed by atoms with E-state index in [1.165, 1.54) is 0 Å². The molecule has 6 heteroatoms. The zero-order valence-electron chi connectivity index (χ0n) is 12.8. The molecule has 2 amide bonds. The van der Waals surface area contributed by atoms with Gasteiger partial charge in [-0.25, -0.2) is 4.79 Å². The van der Waals surface area contributed by atoms with E-state index in [0.717, 1.165) is 22.1 Å². The van der Waals surface area contributed by atoms with Gasteiger partial charge in [0.15, 0.2) is 0 Å². The molecule has 0 radical (unpaired) electrons. The number of amides is 2. The minimum Gasteiger partial charge on any atom is -0.497 e. The summed E-state index contributed by atoms with van der Waals surface area (Å²) in [5.41, 5.74) is 1.81. The lowest BCUT2D eigenvalue weighted by Crippen LogP contribution is -2.30. The number of carbonyl (C=O) groups excluding carboxylic acids is 1. The summed E-state index contributed by atoms with van der Waals surface area (Å²) in [6.45, 7) is 0.588. The van der Waals surface area contributed by atoms with Crippen molar-refractivity contribution in [2.45, 2.75) is 5.75 Å². The van der Waals surface area contributed by atoms with Gasteiger partial charge < -0.3 is 15.4 Å². The van der Waals surface area contributed by atoms with Crippen LogP contribution in [-0.2, 0) is 5.75 Å². The Bertz CT molecular complexity index is 652. The highest BCUT2D eigenvalue weighted by atomic mass is 35.5. The van der Waals surface area contributed by atoms with Gasteiger partial charge in [0.2, 0.25) is 0 Å². The summed E-state index contributed by atoms with van der Waals surface area (Å²) < 4.78 is 5.12. The van der Waals surface area contributed by atoms with Crippen molar-refractivity contribution in [3.8, 4) is 5.75 Å². The van der Waals surface area contributed by atoms with E-state index >= 15 is 0 Å². The molecule has 0 saturated carbocycles. The number of halogens is 1. The molecule has 0 saturated heterocycles. The SMILES string of the molecule is COc1cccc(NC(=O)NCCSCc2ccccc2Cl)c1. The van der Waals surface area contributed by atoms with Gasteiger partial charge in [-0.15, -0.1) is 0 Å². The summed E-state index contributed by atoms with van der Waals surface area (Å²) in [4.78, 5) is 11.8. The van der Waals surface area contributed by atoms with Gasteiger partial charge in [0.1, 0.15) is 5.75 Å². The fraction of sp³-hybridized carbons (Fsp3) is 0.235. The summed E-state index contributed by atoms with van der Waals surface area (Å²) in [7, 11) is 1.59. The van der Waals surface area contributed by atoms with Crippen molar-refractivity contribution in [3.63, 3.8) is 0 Å². The summed E-state index contributed by atoms with van der Waals surface area (Å²) in [6, 6.07) is 14.8. The molecular formula is C17H19ClN2O2S. The normalized spacial score (nSPS) is 10.2. The highest BCUT2D eigenvalue weighted by Gasteiger charge is 2.03. The minimum absolute atomic E-state index is 0.225. The topological polar surface area (TPSA) is 50.4 Å². The summed E-state index contributed by atoms with van der Waals surface area (Å²) >= 11 is 7.83. The number of rotatable bonds is 7. The Balaban J connectivity index is 1.66. The highest BCUT2D eigenvalue weighted by molar-refractivity contribution is 7.98. The van der Waals surface area contributed by atoms with E-state index in [9.17, 15) is 4.79 Å². The Morgan fingerprint density at radius 2 is 2.04 bits per heavy atom. The van der Waals surface area contributed by atoms with Crippen LogP contribution in [0.2, 0.25) is 5.02 Å². The number of urea groups is 1. The van der Waals surface area contributed by atoms with Crippen LogP contribution in [-0.4, -0.2) is 25.4 Å². The summed E-state index contributed by atoms with van der Waals surface area (Å²) in [6.07, 6.45) is 0. The number of thioether (sulfide) groups is 1. The largest absolute Gasteiger partial charge is 0.497 e. The second-order valence-corrected chi connectivity index (χ2v) is 6.27. The van der Waals surface area contributed by atoms with Crippen LogP contribution in [0.15, 0.2) is 48.5 Å². The van der Waals surface area contributed by atoms with Crippen LogP contribution < -0.4 is 15.4 Å². The van der Waals surface area contributed by atoms with E-state index < -0.39 is 0 Å². The number of ether oxygens (including phenoxy) is 1. The minimum atomic E-state index is -0.225. The smallest absolute Gasteiger partial charge is 0.319 e. The first-order chi connectivity index (χ1) is 11.2. The van der Waals surface area contributed by atoms with Crippen LogP contribution in [0.25, 0.3) is 0 Å². The number of hydrogen-bond acceptors (Lipinski definition) is 3. The molecule has 0 fully saturated rings. The lowest BCUT2D eigenvalue weighted by molar-refractivity contribution is 0.252. The van der Waals surface area contributed by atoms with Crippen molar-refractivity contribution in [3.05, 3.63) is 59.1 Å². The zero-order valence-corrected chi connectivity index (χ0v) is 14.4. The zero-order chi connectivity index (χ0) is 16.5. The molecule has 2 N–H and O–H groups in total. The first-order valence-corrected chi connectivity index (χ1v) is 8.72. The number of nitrogens with one attached hydrogen (secondary N) is 2. The second-order valence-electron chi connectivity index (χ2n) is 4.76. The molecular weight excluding hydrogens is 332 g/mol. The van der Waals surface area contributed by atoms with Crippen molar-refractivity contribution in [1.29, 1.82) is 0 Å².